The van der Waals surface area contributed by atoms with E-state index in [9.17, 15) is 5.11 Å². The van der Waals surface area contributed by atoms with Gasteiger partial charge in [-0.05, 0) is 36.6 Å². The third-order valence-corrected chi connectivity index (χ3v) is 2.29. The van der Waals surface area contributed by atoms with Gasteiger partial charge in [0.25, 0.3) is 0 Å². The zero-order chi connectivity index (χ0) is 9.68. The number of phenols is 1. The number of unbranched alkanes of at least 4 members (excludes halogenated alkanes) is 2. The maximum absolute atomic E-state index is 9.30. The first-order valence-corrected chi connectivity index (χ1v) is 5.19. The molecule has 1 rings (SSSR count). The smallest absolute Gasteiger partial charge is 0.116 e. The van der Waals surface area contributed by atoms with Crippen molar-refractivity contribution in [3.05, 3.63) is 23.8 Å². The van der Waals surface area contributed by atoms with Crippen molar-refractivity contribution in [1.29, 1.82) is 0 Å². The minimum atomic E-state index is 0.319. The average Bonchev–Trinajstić information content (AvgIpc) is 2.03. The van der Waals surface area contributed by atoms with Gasteiger partial charge in [0.2, 0.25) is 0 Å². The highest BCUT2D eigenvalue weighted by atomic mass is 32.1. The van der Waals surface area contributed by atoms with Crippen LogP contribution < -0.4 is 0 Å². The minimum absolute atomic E-state index is 0.319. The monoisotopic (exact) mass is 196 g/mol. The second-order valence-corrected chi connectivity index (χ2v) is 3.83. The molecule has 0 unspecified atom stereocenters. The molecule has 0 heterocycles. The second-order valence-electron chi connectivity index (χ2n) is 3.31. The summed E-state index contributed by atoms with van der Waals surface area (Å²) in [5, 5.41) is 9.30. The molecule has 2 heteroatoms. The van der Waals surface area contributed by atoms with Gasteiger partial charge in [-0.3, -0.25) is 0 Å². The molecule has 72 valence electrons. The second kappa shape index (κ2) is 5.18. The maximum atomic E-state index is 9.30. The summed E-state index contributed by atoms with van der Waals surface area (Å²) >= 11 is 4.21. The van der Waals surface area contributed by atoms with E-state index in [1.54, 1.807) is 6.07 Å². The number of rotatable bonds is 4. The molecule has 0 aromatic heterocycles. The van der Waals surface area contributed by atoms with Gasteiger partial charge in [-0.15, -0.1) is 12.6 Å². The van der Waals surface area contributed by atoms with Gasteiger partial charge in [-0.25, -0.2) is 0 Å². The van der Waals surface area contributed by atoms with E-state index >= 15 is 0 Å². The zero-order valence-electron chi connectivity index (χ0n) is 7.95. The summed E-state index contributed by atoms with van der Waals surface area (Å²) in [4.78, 5) is 0.839. The SMILES string of the molecule is CCCCCc1cc(O)cc(S)c1. The molecule has 0 atom stereocenters. The van der Waals surface area contributed by atoms with Gasteiger partial charge in [0.15, 0.2) is 0 Å². The van der Waals surface area contributed by atoms with Crippen LogP contribution in [0.1, 0.15) is 31.7 Å². The van der Waals surface area contributed by atoms with Crippen molar-refractivity contribution < 1.29 is 5.11 Å². The van der Waals surface area contributed by atoms with E-state index in [0.717, 1.165) is 11.3 Å². The van der Waals surface area contributed by atoms with Crippen LogP contribution in [0.5, 0.6) is 5.75 Å². The van der Waals surface area contributed by atoms with E-state index in [0.29, 0.717) is 5.75 Å². The Bertz CT molecular complexity index is 251. The van der Waals surface area contributed by atoms with Crippen LogP contribution in [0.25, 0.3) is 0 Å². The van der Waals surface area contributed by atoms with Gasteiger partial charge >= 0.3 is 0 Å². The molecule has 0 spiro atoms. The topological polar surface area (TPSA) is 20.2 Å². The van der Waals surface area contributed by atoms with Crippen LogP contribution in [0.15, 0.2) is 23.1 Å². The molecule has 1 nitrogen and oxygen atoms in total. The quantitative estimate of drug-likeness (QED) is 0.558. The van der Waals surface area contributed by atoms with E-state index in [4.69, 9.17) is 0 Å². The van der Waals surface area contributed by atoms with Crippen LogP contribution in [0.3, 0.4) is 0 Å². The van der Waals surface area contributed by atoms with Gasteiger partial charge in [0.05, 0.1) is 0 Å². The maximum Gasteiger partial charge on any atom is 0.116 e. The van der Waals surface area contributed by atoms with Crippen molar-refractivity contribution in [2.75, 3.05) is 0 Å². The van der Waals surface area contributed by atoms with Crippen LogP contribution in [0, 0.1) is 0 Å². The number of aromatic hydroxyl groups is 1. The molecule has 0 saturated carbocycles. The fourth-order valence-electron chi connectivity index (χ4n) is 1.38. The van der Waals surface area contributed by atoms with Crippen molar-refractivity contribution >= 4 is 12.6 Å². The lowest BCUT2D eigenvalue weighted by Gasteiger charge is -2.02. The number of aryl methyl sites for hydroxylation is 1. The van der Waals surface area contributed by atoms with Crippen LogP contribution >= 0.6 is 12.6 Å². The summed E-state index contributed by atoms with van der Waals surface area (Å²) < 4.78 is 0. The van der Waals surface area contributed by atoms with E-state index in [-0.39, 0.29) is 0 Å². The van der Waals surface area contributed by atoms with Gasteiger partial charge < -0.3 is 5.11 Å². The Hall–Kier alpha value is -0.630. The van der Waals surface area contributed by atoms with E-state index in [1.807, 2.05) is 12.1 Å². The molecule has 0 aliphatic carbocycles. The molecule has 1 aromatic carbocycles. The summed E-state index contributed by atoms with van der Waals surface area (Å²) in [6, 6.07) is 5.49. The van der Waals surface area contributed by atoms with Crippen molar-refractivity contribution in [2.45, 2.75) is 37.5 Å². The average molecular weight is 196 g/mol. The number of hydrogen-bond acceptors (Lipinski definition) is 2. The highest BCUT2D eigenvalue weighted by Crippen LogP contribution is 2.19. The van der Waals surface area contributed by atoms with E-state index in [2.05, 4.69) is 19.6 Å². The highest BCUT2D eigenvalue weighted by molar-refractivity contribution is 7.80. The molecule has 13 heavy (non-hydrogen) atoms. The van der Waals surface area contributed by atoms with Crippen molar-refractivity contribution in [3.63, 3.8) is 0 Å². The Morgan fingerprint density at radius 2 is 2.00 bits per heavy atom. The van der Waals surface area contributed by atoms with Crippen molar-refractivity contribution in [1.82, 2.24) is 0 Å². The first-order chi connectivity index (χ1) is 6.22. The lowest BCUT2D eigenvalue weighted by molar-refractivity contribution is 0.473. The summed E-state index contributed by atoms with van der Waals surface area (Å²) in [5.41, 5.74) is 1.18. The lowest BCUT2D eigenvalue weighted by Crippen LogP contribution is -1.85. The van der Waals surface area contributed by atoms with E-state index in [1.165, 1.54) is 24.8 Å². The zero-order valence-corrected chi connectivity index (χ0v) is 8.85. The van der Waals surface area contributed by atoms with Crippen molar-refractivity contribution in [2.24, 2.45) is 0 Å². The lowest BCUT2D eigenvalue weighted by atomic mass is 10.1. The van der Waals surface area contributed by atoms with E-state index < -0.39 is 0 Å². The molecule has 0 amide bonds. The molecular weight excluding hydrogens is 180 g/mol. The first-order valence-electron chi connectivity index (χ1n) is 4.74. The molecule has 0 bridgehead atoms. The number of hydrogen-bond donors (Lipinski definition) is 2. The van der Waals surface area contributed by atoms with Crippen LogP contribution in [0.2, 0.25) is 0 Å². The minimum Gasteiger partial charge on any atom is -0.508 e. The van der Waals surface area contributed by atoms with Crippen LogP contribution in [0.4, 0.5) is 0 Å². The van der Waals surface area contributed by atoms with Gasteiger partial charge in [-0.2, -0.15) is 0 Å². The van der Waals surface area contributed by atoms with Crippen molar-refractivity contribution in [3.8, 4) is 5.75 Å². The summed E-state index contributed by atoms with van der Waals surface area (Å²) in [6.07, 6.45) is 4.70. The molecule has 1 aromatic rings. The summed E-state index contributed by atoms with van der Waals surface area (Å²) in [7, 11) is 0. The number of benzene rings is 1. The highest BCUT2D eigenvalue weighted by Gasteiger charge is 1.97. The molecular formula is C11H16OS. The Kier molecular flexibility index (Phi) is 4.16. The van der Waals surface area contributed by atoms with Gasteiger partial charge in [0.1, 0.15) is 5.75 Å². The summed E-state index contributed by atoms with van der Waals surface area (Å²) in [6.45, 7) is 2.19. The predicted octanol–water partition coefficient (Wildman–Crippen LogP) is 3.41. The molecule has 0 aliphatic heterocycles. The number of thiol groups is 1. The first kappa shape index (κ1) is 10.5. The van der Waals surface area contributed by atoms with Crippen LogP contribution in [-0.2, 0) is 6.42 Å². The molecule has 0 radical (unpaired) electrons. The largest absolute Gasteiger partial charge is 0.508 e. The fourth-order valence-corrected chi connectivity index (χ4v) is 1.68. The Morgan fingerprint density at radius 3 is 2.62 bits per heavy atom. The van der Waals surface area contributed by atoms with Crippen LogP contribution in [-0.4, -0.2) is 5.11 Å². The Balaban J connectivity index is 2.56. The molecule has 0 saturated heterocycles. The Morgan fingerprint density at radius 1 is 1.23 bits per heavy atom. The molecule has 0 aliphatic rings. The normalized spacial score (nSPS) is 10.3. The molecule has 1 N–H and O–H groups in total. The summed E-state index contributed by atoms with van der Waals surface area (Å²) in [5.74, 6) is 0.319. The standard InChI is InChI=1S/C11H16OS/c1-2-3-4-5-9-6-10(12)8-11(13)7-9/h6-8,12-13H,2-5H2,1H3. The third kappa shape index (κ3) is 3.73. The van der Waals surface area contributed by atoms with Gasteiger partial charge in [0, 0.05) is 4.90 Å². The van der Waals surface area contributed by atoms with Gasteiger partial charge in [-0.1, -0.05) is 19.8 Å². The fraction of sp³-hybridized carbons (Fsp3) is 0.455. The predicted molar refractivity (Wildman–Crippen MR) is 58.6 cm³/mol. The Labute approximate surface area is 85.2 Å². The molecule has 0 fully saturated rings. The number of phenolic OH excluding ortho intramolecular Hbond substituents is 1. The third-order valence-electron chi connectivity index (χ3n) is 2.03.